The van der Waals surface area contributed by atoms with Crippen LogP contribution in [0.1, 0.15) is 38.5 Å². The molecule has 1 fully saturated rings. The molecule has 3 N–H and O–H groups in total. The summed E-state index contributed by atoms with van der Waals surface area (Å²) in [5, 5.41) is 19.8. The largest absolute Gasteiger partial charge is 0.511 e. The first kappa shape index (κ1) is 13.5. The van der Waals surface area contributed by atoms with Gasteiger partial charge in [0.05, 0.1) is 5.57 Å². The number of aliphatic hydroxyl groups excluding tert-OH is 1. The number of hydrogen-bond donors (Lipinski definition) is 3. The van der Waals surface area contributed by atoms with Crippen LogP contribution in [0, 0.1) is 11.3 Å². The molecule has 0 aromatic rings. The van der Waals surface area contributed by atoms with Crippen molar-refractivity contribution in [3.63, 3.8) is 0 Å². The highest BCUT2D eigenvalue weighted by atomic mass is 16.3. The smallest absolute Gasteiger partial charge is 0.226 e. The van der Waals surface area contributed by atoms with Gasteiger partial charge < -0.3 is 10.5 Å². The maximum Gasteiger partial charge on any atom is 0.226 e. The maximum atomic E-state index is 11.7. The van der Waals surface area contributed by atoms with Crippen LogP contribution in [0.3, 0.4) is 0 Å². The van der Waals surface area contributed by atoms with Gasteiger partial charge in [0.15, 0.2) is 5.78 Å². The molecule has 0 radical (unpaired) electrons. The van der Waals surface area contributed by atoms with Crippen LogP contribution in [0.2, 0.25) is 0 Å². The molecule has 6 heteroatoms. The molecule has 102 valence electrons. The van der Waals surface area contributed by atoms with E-state index in [1.807, 2.05) is 0 Å². The highest BCUT2D eigenvalue weighted by molar-refractivity contribution is 6.22. The van der Waals surface area contributed by atoms with Crippen molar-refractivity contribution in [2.24, 2.45) is 5.92 Å². The molecule has 2 aliphatic rings. The number of ketones is 1. The van der Waals surface area contributed by atoms with E-state index in [9.17, 15) is 19.5 Å². The summed E-state index contributed by atoms with van der Waals surface area (Å²) in [6.07, 6.45) is 1.88. The van der Waals surface area contributed by atoms with Gasteiger partial charge in [0.25, 0.3) is 0 Å². The SMILES string of the molecule is N=C(CC1CC(=O)NC(=O)C1)C1=C(O)CCCC1=O. The van der Waals surface area contributed by atoms with Crippen LogP contribution >= 0.6 is 0 Å². The van der Waals surface area contributed by atoms with E-state index in [2.05, 4.69) is 5.32 Å². The number of carbonyl (C=O) groups excluding carboxylic acids is 3. The van der Waals surface area contributed by atoms with E-state index >= 15 is 0 Å². The topological polar surface area (TPSA) is 107 Å². The van der Waals surface area contributed by atoms with E-state index in [0.717, 1.165) is 0 Å². The van der Waals surface area contributed by atoms with Crippen LogP contribution in [-0.4, -0.2) is 28.4 Å². The molecule has 0 spiro atoms. The number of nitrogens with one attached hydrogen (secondary N) is 2. The summed E-state index contributed by atoms with van der Waals surface area (Å²) in [6, 6.07) is 0. The molecule has 0 atom stereocenters. The molecule has 6 nitrogen and oxygen atoms in total. The number of hydrogen-bond acceptors (Lipinski definition) is 5. The quantitative estimate of drug-likeness (QED) is 0.522. The van der Waals surface area contributed by atoms with Gasteiger partial charge in [0, 0.05) is 31.4 Å². The van der Waals surface area contributed by atoms with Crippen LogP contribution in [0.25, 0.3) is 0 Å². The zero-order chi connectivity index (χ0) is 14.0. The Balaban J connectivity index is 2.06. The Hall–Kier alpha value is -1.98. The zero-order valence-corrected chi connectivity index (χ0v) is 10.5. The maximum absolute atomic E-state index is 11.7. The Labute approximate surface area is 110 Å². The molecule has 2 rings (SSSR count). The Morgan fingerprint density at radius 1 is 1.21 bits per heavy atom. The normalized spacial score (nSPS) is 21.6. The summed E-state index contributed by atoms with van der Waals surface area (Å²) >= 11 is 0. The summed E-state index contributed by atoms with van der Waals surface area (Å²) in [4.78, 5) is 34.2. The molecule has 0 aromatic carbocycles. The molecule has 1 heterocycles. The predicted molar refractivity (Wildman–Crippen MR) is 66.7 cm³/mol. The van der Waals surface area contributed by atoms with E-state index in [0.29, 0.717) is 19.3 Å². The number of aliphatic hydroxyl groups is 1. The molecule has 1 saturated heterocycles. The van der Waals surface area contributed by atoms with Crippen LogP contribution in [0.5, 0.6) is 0 Å². The van der Waals surface area contributed by atoms with Crippen molar-refractivity contribution in [1.82, 2.24) is 5.32 Å². The van der Waals surface area contributed by atoms with Crippen LogP contribution < -0.4 is 5.32 Å². The lowest BCUT2D eigenvalue weighted by Gasteiger charge is -2.22. The van der Waals surface area contributed by atoms with Gasteiger partial charge in [-0.15, -0.1) is 0 Å². The summed E-state index contributed by atoms with van der Waals surface area (Å²) < 4.78 is 0. The summed E-state index contributed by atoms with van der Waals surface area (Å²) in [5.74, 6) is -1.21. The van der Waals surface area contributed by atoms with Crippen LogP contribution in [0.15, 0.2) is 11.3 Å². The third-order valence-corrected chi connectivity index (χ3v) is 3.41. The fourth-order valence-electron chi connectivity index (χ4n) is 2.56. The summed E-state index contributed by atoms with van der Waals surface area (Å²) in [5.41, 5.74) is 0.124. The summed E-state index contributed by atoms with van der Waals surface area (Å²) in [6.45, 7) is 0. The number of rotatable bonds is 3. The number of carbonyl (C=O) groups is 3. The second kappa shape index (κ2) is 5.34. The fourth-order valence-corrected chi connectivity index (χ4v) is 2.56. The number of Topliss-reactive ketones (excluding diaryl/α,β-unsaturated/α-hetero) is 1. The highest BCUT2D eigenvalue weighted by Gasteiger charge is 2.29. The first-order valence-electron chi connectivity index (χ1n) is 6.33. The average Bonchev–Trinajstić information content (AvgIpc) is 2.26. The molecule has 0 unspecified atom stereocenters. The van der Waals surface area contributed by atoms with Gasteiger partial charge in [0.2, 0.25) is 11.8 Å². The van der Waals surface area contributed by atoms with Crippen molar-refractivity contribution in [2.45, 2.75) is 38.5 Å². The highest BCUT2D eigenvalue weighted by Crippen LogP contribution is 2.25. The number of amides is 2. The average molecular weight is 264 g/mol. The van der Waals surface area contributed by atoms with Gasteiger partial charge in [-0.25, -0.2) is 0 Å². The number of piperidine rings is 1. The van der Waals surface area contributed by atoms with Gasteiger partial charge in [-0.3, -0.25) is 19.7 Å². The van der Waals surface area contributed by atoms with Gasteiger partial charge in [0.1, 0.15) is 5.76 Å². The Morgan fingerprint density at radius 2 is 1.84 bits per heavy atom. The van der Waals surface area contributed by atoms with Crippen molar-refractivity contribution >= 4 is 23.3 Å². The lowest BCUT2D eigenvalue weighted by molar-refractivity contribution is -0.134. The van der Waals surface area contributed by atoms with Crippen molar-refractivity contribution in [3.8, 4) is 0 Å². The molecular formula is C13H16N2O4. The molecule has 1 aliphatic heterocycles. The van der Waals surface area contributed by atoms with E-state index in [4.69, 9.17) is 5.41 Å². The monoisotopic (exact) mass is 264 g/mol. The third kappa shape index (κ3) is 3.07. The molecule has 0 saturated carbocycles. The van der Waals surface area contributed by atoms with Crippen molar-refractivity contribution in [2.75, 3.05) is 0 Å². The van der Waals surface area contributed by atoms with Gasteiger partial charge in [-0.1, -0.05) is 0 Å². The van der Waals surface area contributed by atoms with Crippen LogP contribution in [-0.2, 0) is 14.4 Å². The Kier molecular flexibility index (Phi) is 3.78. The van der Waals surface area contributed by atoms with Gasteiger partial charge >= 0.3 is 0 Å². The molecule has 0 aromatic heterocycles. The predicted octanol–water partition coefficient (Wildman–Crippen LogP) is 1.01. The van der Waals surface area contributed by atoms with Gasteiger partial charge in [-0.2, -0.15) is 0 Å². The van der Waals surface area contributed by atoms with E-state index < -0.39 is 0 Å². The van der Waals surface area contributed by atoms with E-state index in [-0.39, 0.29) is 59.8 Å². The first-order chi connectivity index (χ1) is 8.97. The second-order valence-electron chi connectivity index (χ2n) is 5.03. The minimum Gasteiger partial charge on any atom is -0.511 e. The Bertz CT molecular complexity index is 477. The first-order valence-corrected chi connectivity index (χ1v) is 6.33. The minimum atomic E-state index is -0.345. The molecule has 19 heavy (non-hydrogen) atoms. The molecule has 2 amide bonds. The zero-order valence-electron chi connectivity index (χ0n) is 10.5. The molecule has 0 bridgehead atoms. The number of imide groups is 1. The number of allylic oxidation sites excluding steroid dienone is 2. The van der Waals surface area contributed by atoms with Crippen molar-refractivity contribution < 1.29 is 19.5 Å². The van der Waals surface area contributed by atoms with Crippen LogP contribution in [0.4, 0.5) is 0 Å². The summed E-state index contributed by atoms with van der Waals surface area (Å²) in [7, 11) is 0. The van der Waals surface area contributed by atoms with E-state index in [1.54, 1.807) is 0 Å². The van der Waals surface area contributed by atoms with E-state index in [1.165, 1.54) is 0 Å². The van der Waals surface area contributed by atoms with Gasteiger partial charge in [-0.05, 0) is 18.8 Å². The minimum absolute atomic E-state index is 0.0344. The second-order valence-corrected chi connectivity index (χ2v) is 5.03. The standard InChI is InChI=1S/C13H16N2O4/c14-8(13-9(16)2-1-3-10(13)17)4-7-5-11(18)15-12(19)6-7/h7,14,16H,1-6H2,(H,15,18,19). The lowest BCUT2D eigenvalue weighted by Crippen LogP contribution is -2.39. The Morgan fingerprint density at radius 3 is 2.42 bits per heavy atom. The fraction of sp³-hybridized carbons (Fsp3) is 0.538. The van der Waals surface area contributed by atoms with Crippen molar-refractivity contribution in [3.05, 3.63) is 11.3 Å². The molecule has 1 aliphatic carbocycles. The molecular weight excluding hydrogens is 248 g/mol. The van der Waals surface area contributed by atoms with Crippen molar-refractivity contribution in [1.29, 1.82) is 5.41 Å². The third-order valence-electron chi connectivity index (χ3n) is 3.41. The lowest BCUT2D eigenvalue weighted by atomic mass is 9.85.